The highest BCUT2D eigenvalue weighted by Gasteiger charge is 2.00. The Hall–Kier alpha value is -1.35. The summed E-state index contributed by atoms with van der Waals surface area (Å²) in [5, 5.41) is 10.2. The maximum Gasteiger partial charge on any atom is 0.120 e. The van der Waals surface area contributed by atoms with Gasteiger partial charge in [0.1, 0.15) is 5.01 Å². The molecule has 0 amide bonds. The average molecular weight is 205 g/mol. The van der Waals surface area contributed by atoms with Gasteiger partial charge in [0.15, 0.2) is 0 Å². The standard InChI is InChI=1S/C11H11NOS/c1-2-8(13)7-11-12-9-5-3-4-6-10(9)14-11/h3-7,13H,2H2,1H3/b8-7-. The minimum Gasteiger partial charge on any atom is -0.512 e. The quantitative estimate of drug-likeness (QED) is 0.760. The number of hydrogen-bond acceptors (Lipinski definition) is 3. The van der Waals surface area contributed by atoms with Crippen LogP contribution < -0.4 is 0 Å². The molecule has 0 atom stereocenters. The number of aliphatic hydroxyl groups excluding tert-OH is 1. The van der Waals surface area contributed by atoms with E-state index in [4.69, 9.17) is 0 Å². The molecule has 2 nitrogen and oxygen atoms in total. The molecule has 1 aromatic carbocycles. The average Bonchev–Trinajstić information content (AvgIpc) is 2.59. The Bertz CT molecular complexity index is 440. The molecule has 0 aliphatic rings. The van der Waals surface area contributed by atoms with Gasteiger partial charge < -0.3 is 5.11 Å². The van der Waals surface area contributed by atoms with Crippen LogP contribution in [-0.4, -0.2) is 10.1 Å². The van der Waals surface area contributed by atoms with Crippen LogP contribution in [0, 0.1) is 0 Å². The van der Waals surface area contributed by atoms with Crippen LogP contribution in [0.4, 0.5) is 0 Å². The molecule has 0 fully saturated rings. The number of fused-ring (bicyclic) bond motifs is 1. The minimum atomic E-state index is 0.379. The summed E-state index contributed by atoms with van der Waals surface area (Å²) in [5.41, 5.74) is 0.993. The van der Waals surface area contributed by atoms with Gasteiger partial charge in [-0.2, -0.15) is 0 Å². The third-order valence-corrected chi connectivity index (χ3v) is 2.95. The van der Waals surface area contributed by atoms with Gasteiger partial charge in [-0.1, -0.05) is 19.1 Å². The molecule has 2 rings (SSSR count). The molecule has 0 saturated heterocycles. The number of rotatable bonds is 2. The molecule has 0 spiro atoms. The number of benzene rings is 1. The van der Waals surface area contributed by atoms with Crippen molar-refractivity contribution in [3.8, 4) is 0 Å². The summed E-state index contributed by atoms with van der Waals surface area (Å²) in [6.45, 7) is 1.92. The zero-order valence-corrected chi connectivity index (χ0v) is 8.71. The van der Waals surface area contributed by atoms with Crippen LogP contribution in [0.15, 0.2) is 30.0 Å². The van der Waals surface area contributed by atoms with Crippen molar-refractivity contribution in [2.75, 3.05) is 0 Å². The van der Waals surface area contributed by atoms with Crippen LogP contribution in [0.5, 0.6) is 0 Å². The van der Waals surface area contributed by atoms with E-state index in [1.807, 2.05) is 31.2 Å². The maximum absolute atomic E-state index is 9.36. The Morgan fingerprint density at radius 3 is 3.00 bits per heavy atom. The monoisotopic (exact) mass is 205 g/mol. The summed E-state index contributed by atoms with van der Waals surface area (Å²) in [6, 6.07) is 7.97. The van der Waals surface area contributed by atoms with Crippen molar-refractivity contribution in [2.45, 2.75) is 13.3 Å². The molecule has 0 unspecified atom stereocenters. The zero-order chi connectivity index (χ0) is 9.97. The highest BCUT2D eigenvalue weighted by molar-refractivity contribution is 7.19. The molecule has 14 heavy (non-hydrogen) atoms. The normalized spacial score (nSPS) is 12.2. The van der Waals surface area contributed by atoms with Crippen molar-refractivity contribution in [3.63, 3.8) is 0 Å². The Kier molecular flexibility index (Phi) is 2.50. The first-order valence-electron chi connectivity index (χ1n) is 4.54. The van der Waals surface area contributed by atoms with E-state index < -0.39 is 0 Å². The fourth-order valence-electron chi connectivity index (χ4n) is 1.20. The lowest BCUT2D eigenvalue weighted by Crippen LogP contribution is -1.76. The molecular formula is C11H11NOS. The van der Waals surface area contributed by atoms with Gasteiger partial charge in [0, 0.05) is 12.5 Å². The topological polar surface area (TPSA) is 33.1 Å². The second-order valence-electron chi connectivity index (χ2n) is 3.01. The predicted octanol–water partition coefficient (Wildman–Crippen LogP) is 3.61. The largest absolute Gasteiger partial charge is 0.512 e. The predicted molar refractivity (Wildman–Crippen MR) is 60.5 cm³/mol. The van der Waals surface area contributed by atoms with Crippen LogP contribution >= 0.6 is 11.3 Å². The SMILES string of the molecule is CC/C(O)=C/c1nc2ccccc2s1. The molecule has 0 bridgehead atoms. The fourth-order valence-corrected chi connectivity index (χ4v) is 2.13. The molecule has 1 N–H and O–H groups in total. The van der Waals surface area contributed by atoms with Crippen LogP contribution in [-0.2, 0) is 0 Å². The molecule has 0 radical (unpaired) electrons. The van der Waals surface area contributed by atoms with Gasteiger partial charge in [-0.3, -0.25) is 0 Å². The van der Waals surface area contributed by atoms with E-state index in [-0.39, 0.29) is 0 Å². The third-order valence-electron chi connectivity index (χ3n) is 1.96. The number of para-hydroxylation sites is 1. The number of nitrogens with zero attached hydrogens (tertiary/aromatic N) is 1. The van der Waals surface area contributed by atoms with Crippen LogP contribution in [0.3, 0.4) is 0 Å². The first kappa shape index (κ1) is 9.21. The lowest BCUT2D eigenvalue weighted by molar-refractivity contribution is 0.400. The maximum atomic E-state index is 9.36. The highest BCUT2D eigenvalue weighted by Crippen LogP contribution is 2.23. The second kappa shape index (κ2) is 3.80. The number of aliphatic hydroxyl groups is 1. The minimum absolute atomic E-state index is 0.379. The van der Waals surface area contributed by atoms with Crippen molar-refractivity contribution in [3.05, 3.63) is 35.0 Å². The summed E-state index contributed by atoms with van der Waals surface area (Å²) in [5.74, 6) is 0.379. The summed E-state index contributed by atoms with van der Waals surface area (Å²) in [4.78, 5) is 4.38. The Labute approximate surface area is 86.5 Å². The third kappa shape index (κ3) is 1.77. The van der Waals surface area contributed by atoms with E-state index in [2.05, 4.69) is 4.98 Å². The summed E-state index contributed by atoms with van der Waals surface area (Å²) in [6.07, 6.45) is 2.38. The molecule has 0 aliphatic carbocycles. The Morgan fingerprint density at radius 2 is 2.29 bits per heavy atom. The number of hydrogen-bond donors (Lipinski definition) is 1. The molecule has 3 heteroatoms. The number of allylic oxidation sites excluding steroid dienone is 1. The van der Waals surface area contributed by atoms with Gasteiger partial charge in [-0.05, 0) is 12.1 Å². The molecule has 1 heterocycles. The lowest BCUT2D eigenvalue weighted by Gasteiger charge is -1.89. The van der Waals surface area contributed by atoms with Gasteiger partial charge in [-0.15, -0.1) is 11.3 Å². The molecule has 1 aromatic heterocycles. The Balaban J connectivity index is 2.45. The first-order valence-corrected chi connectivity index (χ1v) is 5.36. The lowest BCUT2D eigenvalue weighted by atomic mass is 10.3. The number of thiazole rings is 1. The van der Waals surface area contributed by atoms with Crippen molar-refractivity contribution in [1.29, 1.82) is 0 Å². The van der Waals surface area contributed by atoms with Crippen molar-refractivity contribution in [1.82, 2.24) is 4.98 Å². The van der Waals surface area contributed by atoms with Gasteiger partial charge in [0.05, 0.1) is 16.0 Å². The van der Waals surface area contributed by atoms with E-state index in [9.17, 15) is 5.11 Å². The smallest absolute Gasteiger partial charge is 0.120 e. The Morgan fingerprint density at radius 1 is 1.50 bits per heavy atom. The first-order chi connectivity index (χ1) is 6.79. The van der Waals surface area contributed by atoms with Gasteiger partial charge in [-0.25, -0.2) is 4.98 Å². The fraction of sp³-hybridized carbons (Fsp3) is 0.182. The molecule has 72 valence electrons. The second-order valence-corrected chi connectivity index (χ2v) is 4.07. The molecular weight excluding hydrogens is 194 g/mol. The number of aromatic nitrogens is 1. The summed E-state index contributed by atoms with van der Waals surface area (Å²) in [7, 11) is 0. The van der Waals surface area contributed by atoms with Gasteiger partial charge >= 0.3 is 0 Å². The van der Waals surface area contributed by atoms with E-state index in [1.54, 1.807) is 17.4 Å². The van der Waals surface area contributed by atoms with Crippen molar-refractivity contribution >= 4 is 27.6 Å². The van der Waals surface area contributed by atoms with Gasteiger partial charge in [0.2, 0.25) is 0 Å². The van der Waals surface area contributed by atoms with E-state index in [0.29, 0.717) is 12.2 Å². The molecule has 2 aromatic rings. The zero-order valence-electron chi connectivity index (χ0n) is 7.90. The van der Waals surface area contributed by atoms with Crippen molar-refractivity contribution < 1.29 is 5.11 Å². The van der Waals surface area contributed by atoms with Crippen LogP contribution in [0.2, 0.25) is 0 Å². The molecule has 0 saturated carbocycles. The van der Waals surface area contributed by atoms with E-state index >= 15 is 0 Å². The molecule has 0 aliphatic heterocycles. The van der Waals surface area contributed by atoms with Gasteiger partial charge in [0.25, 0.3) is 0 Å². The van der Waals surface area contributed by atoms with Crippen molar-refractivity contribution in [2.24, 2.45) is 0 Å². The van der Waals surface area contributed by atoms with E-state index in [1.165, 1.54) is 0 Å². The van der Waals surface area contributed by atoms with Crippen LogP contribution in [0.1, 0.15) is 18.4 Å². The summed E-state index contributed by atoms with van der Waals surface area (Å²) >= 11 is 1.59. The van der Waals surface area contributed by atoms with Crippen LogP contribution in [0.25, 0.3) is 16.3 Å². The highest BCUT2D eigenvalue weighted by atomic mass is 32.1. The van der Waals surface area contributed by atoms with E-state index in [0.717, 1.165) is 15.2 Å². The summed E-state index contributed by atoms with van der Waals surface area (Å²) < 4.78 is 1.16.